The van der Waals surface area contributed by atoms with E-state index in [1.54, 1.807) is 24.3 Å². The summed E-state index contributed by atoms with van der Waals surface area (Å²) in [6.45, 7) is 1.67. The molecule has 1 fully saturated rings. The third kappa shape index (κ3) is 5.58. The van der Waals surface area contributed by atoms with Crippen LogP contribution in [-0.4, -0.2) is 39.5 Å². The van der Waals surface area contributed by atoms with Crippen molar-refractivity contribution in [3.63, 3.8) is 0 Å². The van der Waals surface area contributed by atoms with Crippen molar-refractivity contribution in [2.24, 2.45) is 0 Å². The molecule has 0 aromatic heterocycles. The topological polar surface area (TPSA) is 49.4 Å². The second kappa shape index (κ2) is 7.58. The monoisotopic (exact) mass is 330 g/mol. The minimum Gasteiger partial charge on any atom is -0.303 e. The molecule has 1 aliphatic heterocycles. The highest BCUT2D eigenvalue weighted by atomic mass is 35.5. The fourth-order valence-corrected chi connectivity index (χ4v) is 4.08. The van der Waals surface area contributed by atoms with Crippen molar-refractivity contribution in [3.8, 4) is 0 Å². The summed E-state index contributed by atoms with van der Waals surface area (Å²) in [6.07, 6.45) is 4.42. The second-order valence-electron chi connectivity index (χ2n) is 5.70. The zero-order chi connectivity index (χ0) is 15.3. The predicted molar refractivity (Wildman–Crippen MR) is 87.0 cm³/mol. The summed E-state index contributed by atoms with van der Waals surface area (Å²) in [4.78, 5) is 2.36. The van der Waals surface area contributed by atoms with Gasteiger partial charge < -0.3 is 4.90 Å². The molecule has 0 radical (unpaired) electrons. The maximum atomic E-state index is 12.0. The van der Waals surface area contributed by atoms with Crippen LogP contribution < -0.4 is 4.72 Å². The first-order chi connectivity index (χ1) is 9.96. The van der Waals surface area contributed by atoms with E-state index in [2.05, 4.69) is 16.7 Å². The predicted octanol–water partition coefficient (Wildman–Crippen LogP) is 2.63. The first kappa shape index (κ1) is 16.7. The van der Waals surface area contributed by atoms with Crippen molar-refractivity contribution in [3.05, 3.63) is 34.9 Å². The quantitative estimate of drug-likeness (QED) is 0.782. The Morgan fingerprint density at radius 3 is 2.67 bits per heavy atom. The molecule has 0 amide bonds. The summed E-state index contributed by atoms with van der Waals surface area (Å²) in [5.41, 5.74) is 0.752. The minimum absolute atomic E-state index is 0.00744. The van der Waals surface area contributed by atoms with Gasteiger partial charge in [0.05, 0.1) is 5.75 Å². The molecule has 1 N–H and O–H groups in total. The van der Waals surface area contributed by atoms with Gasteiger partial charge >= 0.3 is 0 Å². The van der Waals surface area contributed by atoms with Crippen molar-refractivity contribution in [1.82, 2.24) is 9.62 Å². The zero-order valence-electron chi connectivity index (χ0n) is 12.4. The first-order valence-corrected chi connectivity index (χ1v) is 9.41. The lowest BCUT2D eigenvalue weighted by Crippen LogP contribution is -2.29. The van der Waals surface area contributed by atoms with Gasteiger partial charge in [0.15, 0.2) is 0 Å². The van der Waals surface area contributed by atoms with E-state index < -0.39 is 10.0 Å². The molecular weight excluding hydrogens is 308 g/mol. The lowest BCUT2D eigenvalue weighted by Gasteiger charge is -2.19. The van der Waals surface area contributed by atoms with Crippen LogP contribution in [0.3, 0.4) is 0 Å². The van der Waals surface area contributed by atoms with Crippen LogP contribution in [0.15, 0.2) is 24.3 Å². The third-order valence-electron chi connectivity index (χ3n) is 3.98. The SMILES string of the molecule is CN1CCC[C@H]1CCCNS(=O)(=O)Cc1ccc(Cl)cc1. The summed E-state index contributed by atoms with van der Waals surface area (Å²) < 4.78 is 26.7. The highest BCUT2D eigenvalue weighted by molar-refractivity contribution is 7.88. The van der Waals surface area contributed by atoms with Gasteiger partial charge in [-0.15, -0.1) is 0 Å². The van der Waals surface area contributed by atoms with E-state index in [9.17, 15) is 8.42 Å². The highest BCUT2D eigenvalue weighted by Gasteiger charge is 2.20. The molecule has 0 spiro atoms. The summed E-state index contributed by atoms with van der Waals surface area (Å²) in [7, 11) is -1.12. The van der Waals surface area contributed by atoms with Crippen LogP contribution in [0.25, 0.3) is 0 Å². The van der Waals surface area contributed by atoms with E-state index in [1.165, 1.54) is 12.8 Å². The lowest BCUT2D eigenvalue weighted by molar-refractivity contribution is 0.292. The Morgan fingerprint density at radius 2 is 2.05 bits per heavy atom. The molecule has 21 heavy (non-hydrogen) atoms. The van der Waals surface area contributed by atoms with E-state index >= 15 is 0 Å². The van der Waals surface area contributed by atoms with E-state index in [4.69, 9.17) is 11.6 Å². The Labute approximate surface area is 132 Å². The van der Waals surface area contributed by atoms with Gasteiger partial charge in [-0.3, -0.25) is 0 Å². The average Bonchev–Trinajstić information content (AvgIpc) is 2.83. The molecule has 0 bridgehead atoms. The molecular formula is C15H23ClN2O2S. The van der Waals surface area contributed by atoms with Gasteiger partial charge in [0, 0.05) is 17.6 Å². The molecule has 0 unspecified atom stereocenters. The van der Waals surface area contributed by atoms with E-state index in [-0.39, 0.29) is 5.75 Å². The van der Waals surface area contributed by atoms with Gasteiger partial charge in [-0.2, -0.15) is 0 Å². The summed E-state index contributed by atoms with van der Waals surface area (Å²) in [6, 6.07) is 7.53. The summed E-state index contributed by atoms with van der Waals surface area (Å²) >= 11 is 5.79. The van der Waals surface area contributed by atoms with Gasteiger partial charge in [-0.05, 0) is 57.0 Å². The van der Waals surface area contributed by atoms with Crippen molar-refractivity contribution >= 4 is 21.6 Å². The summed E-state index contributed by atoms with van der Waals surface area (Å²) in [5.74, 6) is 0.00744. The number of halogens is 1. The molecule has 1 saturated heterocycles. The van der Waals surface area contributed by atoms with Crippen LogP contribution in [0.1, 0.15) is 31.2 Å². The molecule has 1 aliphatic rings. The number of hydrogen-bond donors (Lipinski definition) is 1. The maximum Gasteiger partial charge on any atom is 0.215 e. The van der Waals surface area contributed by atoms with Crippen LogP contribution in [0.2, 0.25) is 5.02 Å². The number of hydrogen-bond acceptors (Lipinski definition) is 3. The Morgan fingerprint density at radius 1 is 1.33 bits per heavy atom. The minimum atomic E-state index is -3.26. The fourth-order valence-electron chi connectivity index (χ4n) is 2.76. The molecule has 0 saturated carbocycles. The molecule has 1 aromatic rings. The molecule has 1 heterocycles. The smallest absolute Gasteiger partial charge is 0.215 e. The first-order valence-electron chi connectivity index (χ1n) is 7.38. The normalized spacial score (nSPS) is 20.0. The Kier molecular flexibility index (Phi) is 6.05. The van der Waals surface area contributed by atoms with E-state index in [0.29, 0.717) is 17.6 Å². The number of benzene rings is 1. The Balaban J connectivity index is 1.72. The van der Waals surface area contributed by atoms with Gasteiger partial charge in [-0.25, -0.2) is 13.1 Å². The average molecular weight is 331 g/mol. The molecule has 6 heteroatoms. The van der Waals surface area contributed by atoms with Gasteiger partial charge in [0.2, 0.25) is 10.0 Å². The van der Waals surface area contributed by atoms with E-state index in [0.717, 1.165) is 24.9 Å². The number of nitrogens with one attached hydrogen (secondary N) is 1. The molecule has 118 valence electrons. The molecule has 2 rings (SSSR count). The standard InChI is InChI=1S/C15H23ClN2O2S/c1-18-11-3-5-15(18)4-2-10-17-21(19,20)12-13-6-8-14(16)9-7-13/h6-9,15,17H,2-5,10-12H2,1H3/t15-/m1/s1. The Bertz CT molecular complexity index is 545. The van der Waals surface area contributed by atoms with Gasteiger partial charge in [0.1, 0.15) is 0 Å². The van der Waals surface area contributed by atoms with Crippen LogP contribution in [-0.2, 0) is 15.8 Å². The molecule has 1 atom stereocenters. The lowest BCUT2D eigenvalue weighted by atomic mass is 10.1. The van der Waals surface area contributed by atoms with Gasteiger partial charge in [-0.1, -0.05) is 23.7 Å². The number of nitrogens with zero attached hydrogens (tertiary/aromatic N) is 1. The molecule has 0 aliphatic carbocycles. The third-order valence-corrected chi connectivity index (χ3v) is 5.59. The fraction of sp³-hybridized carbons (Fsp3) is 0.600. The summed E-state index contributed by atoms with van der Waals surface area (Å²) in [5, 5.41) is 0.616. The number of likely N-dealkylation sites (tertiary alicyclic amines) is 1. The van der Waals surface area contributed by atoms with E-state index in [1.807, 2.05) is 0 Å². The van der Waals surface area contributed by atoms with Crippen molar-refractivity contribution < 1.29 is 8.42 Å². The molecule has 4 nitrogen and oxygen atoms in total. The van der Waals surface area contributed by atoms with Crippen LogP contribution in [0.5, 0.6) is 0 Å². The van der Waals surface area contributed by atoms with Crippen LogP contribution in [0, 0.1) is 0 Å². The van der Waals surface area contributed by atoms with Crippen LogP contribution >= 0.6 is 11.6 Å². The van der Waals surface area contributed by atoms with Crippen LogP contribution in [0.4, 0.5) is 0 Å². The maximum absolute atomic E-state index is 12.0. The largest absolute Gasteiger partial charge is 0.303 e. The zero-order valence-corrected chi connectivity index (χ0v) is 14.0. The van der Waals surface area contributed by atoms with Crippen molar-refractivity contribution in [2.45, 2.75) is 37.5 Å². The second-order valence-corrected chi connectivity index (χ2v) is 7.94. The number of sulfonamides is 1. The van der Waals surface area contributed by atoms with Crippen molar-refractivity contribution in [1.29, 1.82) is 0 Å². The number of rotatable bonds is 7. The molecule has 1 aromatic carbocycles. The Hall–Kier alpha value is -0.620. The van der Waals surface area contributed by atoms with Gasteiger partial charge in [0.25, 0.3) is 0 Å². The highest BCUT2D eigenvalue weighted by Crippen LogP contribution is 2.18. The van der Waals surface area contributed by atoms with Crippen molar-refractivity contribution in [2.75, 3.05) is 20.1 Å².